The lowest BCUT2D eigenvalue weighted by Gasteiger charge is -1.91. The van der Waals surface area contributed by atoms with Gasteiger partial charge in [0.25, 0.3) is 0 Å². The van der Waals surface area contributed by atoms with Gasteiger partial charge >= 0.3 is 5.97 Å². The summed E-state index contributed by atoms with van der Waals surface area (Å²) in [5, 5.41) is 15.7. The van der Waals surface area contributed by atoms with Crippen LogP contribution in [0.25, 0.3) is 11.1 Å². The van der Waals surface area contributed by atoms with Gasteiger partial charge in [-0.3, -0.25) is 5.41 Å². The number of nitrogens with zero attached hydrogens (tertiary/aromatic N) is 1. The van der Waals surface area contributed by atoms with Crippen molar-refractivity contribution in [2.45, 2.75) is 6.42 Å². The fourth-order valence-electron chi connectivity index (χ4n) is 1.22. The Labute approximate surface area is 84.9 Å². The zero-order valence-corrected chi connectivity index (χ0v) is 7.73. The molecule has 0 unspecified atom stereocenters. The van der Waals surface area contributed by atoms with E-state index in [2.05, 4.69) is 4.98 Å². The Bertz CT molecular complexity index is 497. The molecular formula is C10H8N2O3. The molecule has 0 fully saturated rings. The third-order valence-electron chi connectivity index (χ3n) is 1.92. The zero-order valence-electron chi connectivity index (χ0n) is 7.73. The van der Waals surface area contributed by atoms with Gasteiger partial charge in [-0.2, -0.15) is 0 Å². The summed E-state index contributed by atoms with van der Waals surface area (Å²) in [6.45, 7) is 0. The first-order chi connectivity index (χ1) is 7.16. The molecule has 2 N–H and O–H groups in total. The van der Waals surface area contributed by atoms with Crippen LogP contribution in [0.3, 0.4) is 0 Å². The number of carbonyl (C=O) groups is 1. The van der Waals surface area contributed by atoms with Crippen molar-refractivity contribution in [3.05, 3.63) is 30.2 Å². The SMILES string of the molecule is N=C(Cc1nc2ccccc2o1)C(=O)O. The second kappa shape index (κ2) is 3.53. The first-order valence-corrected chi connectivity index (χ1v) is 4.32. The second-order valence-corrected chi connectivity index (χ2v) is 3.04. The number of oxazole rings is 1. The maximum atomic E-state index is 10.4. The number of para-hydroxylation sites is 2. The van der Waals surface area contributed by atoms with Crippen molar-refractivity contribution >= 4 is 22.8 Å². The van der Waals surface area contributed by atoms with Crippen molar-refractivity contribution < 1.29 is 14.3 Å². The van der Waals surface area contributed by atoms with E-state index < -0.39 is 11.7 Å². The third-order valence-corrected chi connectivity index (χ3v) is 1.92. The van der Waals surface area contributed by atoms with E-state index in [-0.39, 0.29) is 12.3 Å². The maximum Gasteiger partial charge on any atom is 0.350 e. The molecule has 2 rings (SSSR count). The average Bonchev–Trinajstić information content (AvgIpc) is 2.59. The van der Waals surface area contributed by atoms with E-state index >= 15 is 0 Å². The molecule has 5 nitrogen and oxygen atoms in total. The Hall–Kier alpha value is -2.17. The smallest absolute Gasteiger partial charge is 0.350 e. The molecule has 0 spiro atoms. The summed E-state index contributed by atoms with van der Waals surface area (Å²) in [7, 11) is 0. The molecule has 0 saturated heterocycles. The number of benzene rings is 1. The summed E-state index contributed by atoms with van der Waals surface area (Å²) in [5.74, 6) is -0.999. The molecule has 0 aliphatic heterocycles. The highest BCUT2D eigenvalue weighted by atomic mass is 16.4. The molecule has 1 aromatic carbocycles. The van der Waals surface area contributed by atoms with E-state index in [0.717, 1.165) is 0 Å². The third kappa shape index (κ3) is 1.85. The van der Waals surface area contributed by atoms with Crippen LogP contribution in [-0.4, -0.2) is 21.8 Å². The molecular weight excluding hydrogens is 196 g/mol. The highest BCUT2D eigenvalue weighted by Gasteiger charge is 2.12. The van der Waals surface area contributed by atoms with Crippen molar-refractivity contribution in [1.29, 1.82) is 5.41 Å². The first kappa shape index (κ1) is 9.39. The highest BCUT2D eigenvalue weighted by Crippen LogP contribution is 2.14. The van der Waals surface area contributed by atoms with Crippen LogP contribution in [0.15, 0.2) is 28.7 Å². The second-order valence-electron chi connectivity index (χ2n) is 3.04. The molecule has 1 aromatic heterocycles. The number of hydrogen-bond donors (Lipinski definition) is 2. The lowest BCUT2D eigenvalue weighted by molar-refractivity contribution is -0.129. The molecule has 0 saturated carbocycles. The van der Waals surface area contributed by atoms with Gasteiger partial charge in [0.05, 0.1) is 6.42 Å². The zero-order chi connectivity index (χ0) is 10.8. The minimum Gasteiger partial charge on any atom is -0.477 e. The fraction of sp³-hybridized carbons (Fsp3) is 0.100. The molecule has 1 heterocycles. The number of carboxylic acid groups (broad SMARTS) is 1. The van der Waals surface area contributed by atoms with Crippen LogP contribution in [0.5, 0.6) is 0 Å². The van der Waals surface area contributed by atoms with Crippen LogP contribution in [0.4, 0.5) is 0 Å². The van der Waals surface area contributed by atoms with Crippen LogP contribution < -0.4 is 0 Å². The molecule has 0 aliphatic carbocycles. The van der Waals surface area contributed by atoms with E-state index in [1.165, 1.54) is 0 Å². The predicted octanol–water partition coefficient (Wildman–Crippen LogP) is 1.47. The van der Waals surface area contributed by atoms with Gasteiger partial charge in [-0.05, 0) is 12.1 Å². The molecule has 0 bridgehead atoms. The molecule has 15 heavy (non-hydrogen) atoms. The monoisotopic (exact) mass is 204 g/mol. The number of rotatable bonds is 3. The summed E-state index contributed by atoms with van der Waals surface area (Å²) >= 11 is 0. The van der Waals surface area contributed by atoms with Crippen molar-refractivity contribution in [3.8, 4) is 0 Å². The van der Waals surface area contributed by atoms with Gasteiger partial charge in [0.1, 0.15) is 11.2 Å². The minimum atomic E-state index is -1.25. The van der Waals surface area contributed by atoms with E-state index in [0.29, 0.717) is 11.1 Å². The summed E-state index contributed by atoms with van der Waals surface area (Å²) in [6.07, 6.45) is -0.0932. The molecule has 0 radical (unpaired) electrons. The van der Waals surface area contributed by atoms with Gasteiger partial charge in [-0.15, -0.1) is 0 Å². The Kier molecular flexibility index (Phi) is 2.21. The van der Waals surface area contributed by atoms with Crippen LogP contribution in [0.2, 0.25) is 0 Å². The Balaban J connectivity index is 2.30. The minimum absolute atomic E-state index is 0.0932. The largest absolute Gasteiger partial charge is 0.477 e. The number of aromatic nitrogens is 1. The van der Waals surface area contributed by atoms with Crippen LogP contribution in [0, 0.1) is 5.41 Å². The molecule has 5 heteroatoms. The summed E-state index contributed by atoms with van der Waals surface area (Å²) < 4.78 is 5.27. The van der Waals surface area contributed by atoms with Gasteiger partial charge in [0.15, 0.2) is 5.58 Å². The van der Waals surface area contributed by atoms with Gasteiger partial charge in [-0.1, -0.05) is 12.1 Å². The Morgan fingerprint density at radius 2 is 2.20 bits per heavy atom. The summed E-state index contributed by atoms with van der Waals surface area (Å²) in [4.78, 5) is 14.5. The molecule has 0 aliphatic rings. The van der Waals surface area contributed by atoms with Gasteiger partial charge in [-0.25, -0.2) is 9.78 Å². The normalized spacial score (nSPS) is 10.4. The van der Waals surface area contributed by atoms with Crippen molar-refractivity contribution in [2.75, 3.05) is 0 Å². The average molecular weight is 204 g/mol. The van der Waals surface area contributed by atoms with E-state index in [9.17, 15) is 4.79 Å². The maximum absolute atomic E-state index is 10.4. The molecule has 0 amide bonds. The lowest BCUT2D eigenvalue weighted by Crippen LogP contribution is -2.14. The number of hydrogen-bond acceptors (Lipinski definition) is 4. The van der Waals surface area contributed by atoms with Crippen LogP contribution in [-0.2, 0) is 11.2 Å². The topological polar surface area (TPSA) is 87.2 Å². The summed E-state index contributed by atoms with van der Waals surface area (Å²) in [6, 6.07) is 7.14. The Morgan fingerprint density at radius 3 is 2.87 bits per heavy atom. The van der Waals surface area contributed by atoms with Crippen molar-refractivity contribution in [1.82, 2.24) is 4.98 Å². The van der Waals surface area contributed by atoms with Crippen molar-refractivity contribution in [2.24, 2.45) is 0 Å². The highest BCUT2D eigenvalue weighted by molar-refractivity contribution is 6.34. The van der Waals surface area contributed by atoms with Gasteiger partial charge < -0.3 is 9.52 Å². The van der Waals surface area contributed by atoms with Gasteiger partial charge in [0.2, 0.25) is 5.89 Å². The predicted molar refractivity (Wildman–Crippen MR) is 53.1 cm³/mol. The molecule has 2 aromatic rings. The fourth-order valence-corrected chi connectivity index (χ4v) is 1.22. The van der Waals surface area contributed by atoms with E-state index in [1.807, 2.05) is 6.07 Å². The number of nitrogens with one attached hydrogen (secondary N) is 1. The number of carboxylic acids is 1. The van der Waals surface area contributed by atoms with Crippen LogP contribution in [0.1, 0.15) is 5.89 Å². The quantitative estimate of drug-likeness (QED) is 0.741. The number of fused-ring (bicyclic) bond motifs is 1. The van der Waals surface area contributed by atoms with E-state index in [1.54, 1.807) is 18.2 Å². The van der Waals surface area contributed by atoms with Gasteiger partial charge in [0, 0.05) is 0 Å². The Morgan fingerprint density at radius 1 is 1.47 bits per heavy atom. The molecule has 0 atom stereocenters. The summed E-state index contributed by atoms with van der Waals surface area (Å²) in [5.41, 5.74) is 0.845. The number of aliphatic carboxylic acids is 1. The van der Waals surface area contributed by atoms with Crippen molar-refractivity contribution in [3.63, 3.8) is 0 Å². The lowest BCUT2D eigenvalue weighted by atomic mass is 10.3. The van der Waals surface area contributed by atoms with E-state index in [4.69, 9.17) is 14.9 Å². The standard InChI is InChI=1S/C10H8N2O3/c11-6(10(13)14)5-9-12-7-3-1-2-4-8(7)15-9/h1-4,11H,5H2,(H,13,14). The van der Waals surface area contributed by atoms with Crippen LogP contribution >= 0.6 is 0 Å². The first-order valence-electron chi connectivity index (χ1n) is 4.32. The molecule has 76 valence electrons.